The van der Waals surface area contributed by atoms with Gasteiger partial charge in [0.1, 0.15) is 18.1 Å². The Bertz CT molecular complexity index is 750. The molecule has 0 amide bonds. The van der Waals surface area contributed by atoms with Crippen LogP contribution in [0.5, 0.6) is 5.88 Å². The number of halogens is 1. The number of hydrogen-bond acceptors (Lipinski definition) is 6. The SMILES string of the molecule is O=[N+]([O-])c1cnc(NCc2ccnc(OC3CCCCC3)c2)c(Cl)c1. The predicted octanol–water partition coefficient (Wildman–Crippen LogP) is 4.36. The smallest absolute Gasteiger partial charge is 0.289 e. The van der Waals surface area contributed by atoms with Gasteiger partial charge in [-0.1, -0.05) is 18.0 Å². The van der Waals surface area contributed by atoms with Crippen molar-refractivity contribution >= 4 is 23.1 Å². The molecule has 2 heterocycles. The molecule has 1 N–H and O–H groups in total. The minimum Gasteiger partial charge on any atom is -0.474 e. The molecule has 0 bridgehead atoms. The van der Waals surface area contributed by atoms with Crippen LogP contribution in [0.3, 0.4) is 0 Å². The summed E-state index contributed by atoms with van der Waals surface area (Å²) in [5, 5.41) is 14.0. The molecule has 2 aromatic heterocycles. The number of anilines is 1. The highest BCUT2D eigenvalue weighted by atomic mass is 35.5. The van der Waals surface area contributed by atoms with Gasteiger partial charge in [0.05, 0.1) is 9.95 Å². The molecule has 2 aromatic rings. The monoisotopic (exact) mass is 362 g/mol. The molecule has 0 unspecified atom stereocenters. The molecule has 1 saturated carbocycles. The zero-order chi connectivity index (χ0) is 17.6. The van der Waals surface area contributed by atoms with Crippen molar-refractivity contribution in [3.8, 4) is 5.88 Å². The predicted molar refractivity (Wildman–Crippen MR) is 95.0 cm³/mol. The highest BCUT2D eigenvalue weighted by Gasteiger charge is 2.15. The van der Waals surface area contributed by atoms with Crippen molar-refractivity contribution in [2.24, 2.45) is 0 Å². The molecule has 1 fully saturated rings. The van der Waals surface area contributed by atoms with E-state index in [2.05, 4.69) is 15.3 Å². The third kappa shape index (κ3) is 4.79. The lowest BCUT2D eigenvalue weighted by atomic mass is 9.98. The minimum atomic E-state index is -0.527. The molecular weight excluding hydrogens is 344 g/mol. The van der Waals surface area contributed by atoms with E-state index >= 15 is 0 Å². The Kier molecular flexibility index (Phi) is 5.65. The van der Waals surface area contributed by atoms with Crippen molar-refractivity contribution < 1.29 is 9.66 Å². The molecular formula is C17H19ClN4O3. The fourth-order valence-corrected chi connectivity index (χ4v) is 3.05. The molecule has 0 aliphatic heterocycles. The highest BCUT2D eigenvalue weighted by Crippen LogP contribution is 2.25. The molecule has 25 heavy (non-hydrogen) atoms. The highest BCUT2D eigenvalue weighted by molar-refractivity contribution is 6.33. The summed E-state index contributed by atoms with van der Waals surface area (Å²) in [7, 11) is 0. The third-order valence-electron chi connectivity index (χ3n) is 4.14. The second kappa shape index (κ2) is 8.11. The zero-order valence-electron chi connectivity index (χ0n) is 13.7. The van der Waals surface area contributed by atoms with Crippen LogP contribution in [0.4, 0.5) is 11.5 Å². The normalized spacial score (nSPS) is 14.9. The van der Waals surface area contributed by atoms with Crippen LogP contribution in [0.1, 0.15) is 37.7 Å². The van der Waals surface area contributed by atoms with Gasteiger partial charge in [0.2, 0.25) is 5.88 Å². The second-order valence-corrected chi connectivity index (χ2v) is 6.42. The van der Waals surface area contributed by atoms with E-state index in [0.29, 0.717) is 18.2 Å². The summed E-state index contributed by atoms with van der Waals surface area (Å²) in [5.74, 6) is 1.02. The van der Waals surface area contributed by atoms with E-state index in [-0.39, 0.29) is 16.8 Å². The van der Waals surface area contributed by atoms with Gasteiger partial charge in [0.25, 0.3) is 5.69 Å². The van der Waals surface area contributed by atoms with Crippen LogP contribution in [-0.4, -0.2) is 21.0 Å². The van der Waals surface area contributed by atoms with E-state index in [4.69, 9.17) is 16.3 Å². The summed E-state index contributed by atoms with van der Waals surface area (Å²) >= 11 is 6.03. The van der Waals surface area contributed by atoms with Crippen molar-refractivity contribution in [1.82, 2.24) is 9.97 Å². The molecule has 1 aliphatic carbocycles. The number of pyridine rings is 2. The van der Waals surface area contributed by atoms with Crippen LogP contribution >= 0.6 is 11.6 Å². The first-order chi connectivity index (χ1) is 12.1. The molecule has 132 valence electrons. The molecule has 7 nitrogen and oxygen atoms in total. The van der Waals surface area contributed by atoms with Crippen molar-refractivity contribution in [1.29, 1.82) is 0 Å². The Labute approximate surface area is 150 Å². The Hall–Kier alpha value is -2.41. The van der Waals surface area contributed by atoms with Crippen LogP contribution in [0.2, 0.25) is 5.02 Å². The molecule has 0 aromatic carbocycles. The third-order valence-corrected chi connectivity index (χ3v) is 4.42. The van der Waals surface area contributed by atoms with Gasteiger partial charge in [-0.05, 0) is 37.3 Å². The van der Waals surface area contributed by atoms with Gasteiger partial charge < -0.3 is 10.1 Å². The zero-order valence-corrected chi connectivity index (χ0v) is 14.4. The molecule has 8 heteroatoms. The largest absolute Gasteiger partial charge is 0.474 e. The number of hydrogen-bond donors (Lipinski definition) is 1. The first kappa shape index (κ1) is 17.4. The van der Waals surface area contributed by atoms with Crippen LogP contribution < -0.4 is 10.1 Å². The Morgan fingerprint density at radius 2 is 2.08 bits per heavy atom. The first-order valence-corrected chi connectivity index (χ1v) is 8.65. The minimum absolute atomic E-state index is 0.136. The maximum atomic E-state index is 10.7. The number of nitrogens with one attached hydrogen (secondary N) is 1. The van der Waals surface area contributed by atoms with E-state index in [1.54, 1.807) is 6.20 Å². The van der Waals surface area contributed by atoms with E-state index in [0.717, 1.165) is 18.4 Å². The van der Waals surface area contributed by atoms with Gasteiger partial charge >= 0.3 is 0 Å². The molecule has 0 radical (unpaired) electrons. The summed E-state index contributed by atoms with van der Waals surface area (Å²) in [5.41, 5.74) is 0.833. The number of aromatic nitrogens is 2. The van der Waals surface area contributed by atoms with Crippen molar-refractivity contribution in [2.75, 3.05) is 5.32 Å². The van der Waals surface area contributed by atoms with Crippen LogP contribution in [0, 0.1) is 10.1 Å². The molecule has 3 rings (SSSR count). The number of nitrogens with zero attached hydrogens (tertiary/aromatic N) is 3. The van der Waals surface area contributed by atoms with E-state index in [9.17, 15) is 10.1 Å². The lowest BCUT2D eigenvalue weighted by Gasteiger charge is -2.22. The van der Waals surface area contributed by atoms with Crippen LogP contribution in [0.25, 0.3) is 0 Å². The maximum absolute atomic E-state index is 10.7. The molecule has 1 aliphatic rings. The van der Waals surface area contributed by atoms with Crippen molar-refractivity contribution in [3.05, 3.63) is 51.3 Å². The van der Waals surface area contributed by atoms with Crippen LogP contribution in [0.15, 0.2) is 30.6 Å². The lowest BCUT2D eigenvalue weighted by molar-refractivity contribution is -0.385. The van der Waals surface area contributed by atoms with Gasteiger partial charge in [0.15, 0.2) is 0 Å². The maximum Gasteiger partial charge on any atom is 0.289 e. The topological polar surface area (TPSA) is 90.2 Å². The summed E-state index contributed by atoms with van der Waals surface area (Å²) in [6, 6.07) is 5.04. The fraction of sp³-hybridized carbons (Fsp3) is 0.412. The van der Waals surface area contributed by atoms with Crippen molar-refractivity contribution in [3.63, 3.8) is 0 Å². The summed E-state index contributed by atoms with van der Waals surface area (Å²) in [4.78, 5) is 18.5. The molecule has 0 atom stereocenters. The summed E-state index contributed by atoms with van der Waals surface area (Å²) < 4.78 is 5.96. The van der Waals surface area contributed by atoms with Crippen molar-refractivity contribution in [2.45, 2.75) is 44.8 Å². The first-order valence-electron chi connectivity index (χ1n) is 8.27. The van der Waals surface area contributed by atoms with Crippen LogP contribution in [-0.2, 0) is 6.54 Å². The van der Waals surface area contributed by atoms with E-state index in [1.807, 2.05) is 12.1 Å². The van der Waals surface area contributed by atoms with E-state index < -0.39 is 4.92 Å². The standard InChI is InChI=1S/C17H19ClN4O3/c18-15-9-13(22(23)24)11-21-17(15)20-10-12-6-7-19-16(8-12)25-14-4-2-1-3-5-14/h6-9,11,14H,1-5,10H2,(H,20,21). The fourth-order valence-electron chi connectivity index (χ4n) is 2.82. The lowest BCUT2D eigenvalue weighted by Crippen LogP contribution is -2.20. The average Bonchev–Trinajstić information content (AvgIpc) is 2.62. The quantitative estimate of drug-likeness (QED) is 0.606. The second-order valence-electron chi connectivity index (χ2n) is 6.01. The average molecular weight is 363 g/mol. The van der Waals surface area contributed by atoms with Gasteiger partial charge in [-0.3, -0.25) is 10.1 Å². The van der Waals surface area contributed by atoms with Gasteiger partial charge in [0, 0.05) is 24.9 Å². The summed E-state index contributed by atoms with van der Waals surface area (Å²) in [6.07, 6.45) is 8.97. The number of nitro groups is 1. The van der Waals surface area contributed by atoms with Gasteiger partial charge in [-0.2, -0.15) is 0 Å². The van der Waals surface area contributed by atoms with Gasteiger partial charge in [-0.25, -0.2) is 9.97 Å². The number of ether oxygens (including phenoxy) is 1. The summed E-state index contributed by atoms with van der Waals surface area (Å²) in [6.45, 7) is 0.466. The Balaban J connectivity index is 1.61. The molecule has 0 spiro atoms. The Morgan fingerprint density at radius 3 is 2.80 bits per heavy atom. The number of rotatable bonds is 6. The molecule has 0 saturated heterocycles. The van der Waals surface area contributed by atoms with E-state index in [1.165, 1.54) is 31.5 Å². The van der Waals surface area contributed by atoms with Gasteiger partial charge in [-0.15, -0.1) is 0 Å². The Morgan fingerprint density at radius 1 is 1.28 bits per heavy atom.